The molecule has 0 saturated carbocycles. The molecule has 1 fully saturated rings. The minimum atomic E-state index is 0.0365. The van der Waals surface area contributed by atoms with Crippen molar-refractivity contribution in [1.82, 2.24) is 9.88 Å². The SMILES string of the molecule is COCc1nc(N(C)C2CCCN(C)C2)sc1CO. The summed E-state index contributed by atoms with van der Waals surface area (Å²) in [5.74, 6) is 0. The molecular weight excluding hydrogens is 262 g/mol. The Kier molecular flexibility index (Phi) is 5.15. The van der Waals surface area contributed by atoms with Gasteiger partial charge in [-0.1, -0.05) is 11.3 Å². The molecule has 0 aromatic carbocycles. The molecule has 1 N–H and O–H groups in total. The molecule has 0 radical (unpaired) electrons. The predicted molar refractivity (Wildman–Crippen MR) is 77.7 cm³/mol. The Morgan fingerprint density at radius 3 is 3.00 bits per heavy atom. The first-order valence-electron chi connectivity index (χ1n) is 6.65. The van der Waals surface area contributed by atoms with Crippen LogP contribution in [0.4, 0.5) is 5.13 Å². The second-order valence-corrected chi connectivity index (χ2v) is 6.19. The second kappa shape index (κ2) is 6.65. The van der Waals surface area contributed by atoms with E-state index in [-0.39, 0.29) is 6.61 Å². The molecule has 1 unspecified atom stereocenters. The van der Waals surface area contributed by atoms with E-state index in [1.807, 2.05) is 0 Å². The first-order chi connectivity index (χ1) is 9.15. The lowest BCUT2D eigenvalue weighted by Gasteiger charge is -2.35. The van der Waals surface area contributed by atoms with Crippen LogP contribution in [0.25, 0.3) is 0 Å². The van der Waals surface area contributed by atoms with Crippen LogP contribution >= 0.6 is 11.3 Å². The molecule has 1 aliphatic rings. The van der Waals surface area contributed by atoms with Crippen LogP contribution in [0.15, 0.2) is 0 Å². The summed E-state index contributed by atoms with van der Waals surface area (Å²) >= 11 is 1.57. The van der Waals surface area contributed by atoms with Gasteiger partial charge in [0.05, 0.1) is 23.8 Å². The average Bonchev–Trinajstić information content (AvgIpc) is 2.81. The van der Waals surface area contributed by atoms with E-state index in [1.54, 1.807) is 18.4 Å². The van der Waals surface area contributed by atoms with Crippen LogP contribution in [0.5, 0.6) is 0 Å². The fourth-order valence-electron chi connectivity index (χ4n) is 2.51. The van der Waals surface area contributed by atoms with Crippen LogP contribution in [0.3, 0.4) is 0 Å². The Balaban J connectivity index is 2.11. The quantitative estimate of drug-likeness (QED) is 0.884. The highest BCUT2D eigenvalue weighted by molar-refractivity contribution is 7.15. The van der Waals surface area contributed by atoms with Crippen LogP contribution < -0.4 is 4.90 Å². The zero-order valence-corrected chi connectivity index (χ0v) is 12.7. The standard InChI is InChI=1S/C13H23N3O2S/c1-15-6-4-5-10(7-15)16(2)13-14-11(9-18-3)12(8-17)19-13/h10,17H,4-9H2,1-3H3. The van der Waals surface area contributed by atoms with Gasteiger partial charge in [0.2, 0.25) is 0 Å². The van der Waals surface area contributed by atoms with Gasteiger partial charge in [-0.25, -0.2) is 4.98 Å². The average molecular weight is 285 g/mol. The fraction of sp³-hybridized carbons (Fsp3) is 0.769. The minimum absolute atomic E-state index is 0.0365. The molecule has 0 amide bonds. The third kappa shape index (κ3) is 3.45. The highest BCUT2D eigenvalue weighted by Crippen LogP contribution is 2.29. The summed E-state index contributed by atoms with van der Waals surface area (Å²) in [4.78, 5) is 10.1. The van der Waals surface area contributed by atoms with Gasteiger partial charge in [-0.2, -0.15) is 0 Å². The van der Waals surface area contributed by atoms with Crippen LogP contribution in [0.2, 0.25) is 0 Å². The molecule has 0 aliphatic carbocycles. The molecule has 0 bridgehead atoms. The van der Waals surface area contributed by atoms with Crippen LogP contribution in [-0.4, -0.2) is 55.3 Å². The number of piperidine rings is 1. The molecule has 1 aromatic rings. The van der Waals surface area contributed by atoms with E-state index in [0.29, 0.717) is 12.6 Å². The molecule has 1 aromatic heterocycles. The second-order valence-electron chi connectivity index (χ2n) is 5.13. The Hall–Kier alpha value is -0.690. The van der Waals surface area contributed by atoms with E-state index in [4.69, 9.17) is 4.74 Å². The monoisotopic (exact) mass is 285 g/mol. The number of likely N-dealkylation sites (tertiary alicyclic amines) is 1. The summed E-state index contributed by atoms with van der Waals surface area (Å²) in [6, 6.07) is 0.506. The summed E-state index contributed by atoms with van der Waals surface area (Å²) in [5.41, 5.74) is 0.862. The van der Waals surface area contributed by atoms with Gasteiger partial charge < -0.3 is 19.6 Å². The molecule has 2 rings (SSSR count). The van der Waals surface area contributed by atoms with Crippen molar-refractivity contribution >= 4 is 16.5 Å². The number of aromatic nitrogens is 1. The zero-order valence-electron chi connectivity index (χ0n) is 11.9. The molecule has 1 atom stereocenters. The predicted octanol–water partition coefficient (Wildman–Crippen LogP) is 1.31. The van der Waals surface area contributed by atoms with Crippen molar-refractivity contribution in [2.24, 2.45) is 0 Å². The van der Waals surface area contributed by atoms with Gasteiger partial charge in [0, 0.05) is 26.7 Å². The number of anilines is 1. The van der Waals surface area contributed by atoms with Gasteiger partial charge in [-0.05, 0) is 26.4 Å². The number of ether oxygens (including phenoxy) is 1. The lowest BCUT2D eigenvalue weighted by atomic mass is 10.1. The minimum Gasteiger partial charge on any atom is -0.391 e. The van der Waals surface area contributed by atoms with Crippen molar-refractivity contribution in [3.05, 3.63) is 10.6 Å². The Labute approximate surface area is 118 Å². The number of hydrogen-bond acceptors (Lipinski definition) is 6. The lowest BCUT2D eigenvalue weighted by molar-refractivity contribution is 0.179. The number of likely N-dealkylation sites (N-methyl/N-ethyl adjacent to an activating group) is 2. The van der Waals surface area contributed by atoms with Gasteiger partial charge in [0.15, 0.2) is 5.13 Å². The Morgan fingerprint density at radius 1 is 1.58 bits per heavy atom. The lowest BCUT2D eigenvalue weighted by Crippen LogP contribution is -2.45. The van der Waals surface area contributed by atoms with Crippen molar-refractivity contribution in [1.29, 1.82) is 0 Å². The zero-order chi connectivity index (χ0) is 13.8. The van der Waals surface area contributed by atoms with Crippen LogP contribution in [0, 0.1) is 0 Å². The smallest absolute Gasteiger partial charge is 0.185 e. The summed E-state index contributed by atoms with van der Waals surface area (Å²) in [7, 11) is 5.91. The molecule has 5 nitrogen and oxygen atoms in total. The number of aliphatic hydroxyl groups excluding tert-OH is 1. The van der Waals surface area contributed by atoms with E-state index in [1.165, 1.54) is 19.4 Å². The van der Waals surface area contributed by atoms with E-state index < -0.39 is 0 Å². The van der Waals surface area contributed by atoms with Crippen molar-refractivity contribution in [2.75, 3.05) is 39.2 Å². The number of hydrogen-bond donors (Lipinski definition) is 1. The first kappa shape index (κ1) is 14.7. The molecule has 1 aliphatic heterocycles. The van der Waals surface area contributed by atoms with Crippen LogP contribution in [-0.2, 0) is 18.0 Å². The number of thiazole rings is 1. The van der Waals surface area contributed by atoms with Crippen molar-refractivity contribution in [2.45, 2.75) is 32.1 Å². The van der Waals surface area contributed by atoms with E-state index in [9.17, 15) is 5.11 Å². The summed E-state index contributed by atoms with van der Waals surface area (Å²) in [5, 5.41) is 10.4. The molecule has 2 heterocycles. The third-order valence-corrected chi connectivity index (χ3v) is 4.81. The maximum atomic E-state index is 9.38. The van der Waals surface area contributed by atoms with Gasteiger partial charge in [0.1, 0.15) is 0 Å². The molecule has 0 spiro atoms. The number of nitrogens with zero attached hydrogens (tertiary/aromatic N) is 3. The Morgan fingerprint density at radius 2 is 2.37 bits per heavy atom. The topological polar surface area (TPSA) is 48.8 Å². The molecule has 1 saturated heterocycles. The normalized spacial score (nSPS) is 20.7. The summed E-state index contributed by atoms with van der Waals surface area (Å²) in [6.45, 7) is 2.75. The van der Waals surface area contributed by atoms with Crippen molar-refractivity contribution < 1.29 is 9.84 Å². The van der Waals surface area contributed by atoms with E-state index in [0.717, 1.165) is 22.2 Å². The van der Waals surface area contributed by atoms with Gasteiger partial charge in [-0.15, -0.1) is 0 Å². The molecule has 6 heteroatoms. The molecule has 108 valence electrons. The largest absolute Gasteiger partial charge is 0.391 e. The number of methoxy groups -OCH3 is 1. The highest BCUT2D eigenvalue weighted by atomic mass is 32.1. The van der Waals surface area contributed by atoms with Crippen LogP contribution in [0.1, 0.15) is 23.4 Å². The summed E-state index contributed by atoms with van der Waals surface area (Å²) < 4.78 is 5.13. The van der Waals surface area contributed by atoms with E-state index in [2.05, 4.69) is 28.9 Å². The number of rotatable bonds is 5. The van der Waals surface area contributed by atoms with Crippen molar-refractivity contribution in [3.8, 4) is 0 Å². The fourth-order valence-corrected chi connectivity index (χ4v) is 3.46. The Bertz CT molecular complexity index is 411. The maximum absolute atomic E-state index is 9.38. The van der Waals surface area contributed by atoms with E-state index >= 15 is 0 Å². The van der Waals surface area contributed by atoms with Crippen molar-refractivity contribution in [3.63, 3.8) is 0 Å². The highest BCUT2D eigenvalue weighted by Gasteiger charge is 2.24. The van der Waals surface area contributed by atoms with Gasteiger partial charge >= 0.3 is 0 Å². The maximum Gasteiger partial charge on any atom is 0.185 e. The molecule has 19 heavy (non-hydrogen) atoms. The summed E-state index contributed by atoms with van der Waals surface area (Å²) in [6.07, 6.45) is 2.43. The third-order valence-electron chi connectivity index (χ3n) is 3.64. The first-order valence-corrected chi connectivity index (χ1v) is 7.47. The van der Waals surface area contributed by atoms with Gasteiger partial charge in [-0.3, -0.25) is 0 Å². The van der Waals surface area contributed by atoms with Gasteiger partial charge in [0.25, 0.3) is 0 Å². The number of aliphatic hydroxyl groups is 1. The molecular formula is C13H23N3O2S.